The first-order valence-corrected chi connectivity index (χ1v) is 3.36. The predicted octanol–water partition coefficient (Wildman–Crippen LogP) is 1.55. The van der Waals surface area contributed by atoms with E-state index in [1.807, 2.05) is 6.07 Å². The van der Waals surface area contributed by atoms with Crippen LogP contribution in [0, 0.1) is 23.7 Å². The van der Waals surface area contributed by atoms with Gasteiger partial charge in [0.25, 0.3) is 0 Å². The summed E-state index contributed by atoms with van der Waals surface area (Å²) >= 11 is 0. The van der Waals surface area contributed by atoms with Gasteiger partial charge in [-0.25, -0.2) is 0 Å². The molecule has 58 valence electrons. The van der Waals surface area contributed by atoms with E-state index in [2.05, 4.69) is 5.92 Å². The number of nitriles is 1. The second-order valence-electron chi connectivity index (χ2n) is 2.17. The van der Waals surface area contributed by atoms with Crippen LogP contribution in [-0.4, -0.2) is 7.11 Å². The molecule has 0 bridgehead atoms. The van der Waals surface area contributed by atoms with Crippen LogP contribution in [0.2, 0.25) is 0 Å². The summed E-state index contributed by atoms with van der Waals surface area (Å²) in [6, 6.07) is 7.03. The molecule has 0 heterocycles. The molecule has 0 radical (unpaired) electrons. The average molecular weight is 157 g/mol. The summed E-state index contributed by atoms with van der Waals surface area (Å²) in [7, 11) is 1.51. The Morgan fingerprint density at radius 1 is 1.50 bits per heavy atom. The smallest absolute Gasteiger partial charge is 0.137 e. The quantitative estimate of drug-likeness (QED) is 0.579. The molecule has 0 aliphatic carbocycles. The van der Waals surface area contributed by atoms with Gasteiger partial charge in [0.15, 0.2) is 0 Å². The molecule has 0 saturated heterocycles. The van der Waals surface area contributed by atoms with Gasteiger partial charge < -0.3 is 4.74 Å². The molecule has 1 aromatic rings. The van der Waals surface area contributed by atoms with E-state index < -0.39 is 0 Å². The highest BCUT2D eigenvalue weighted by Crippen LogP contribution is 2.18. The van der Waals surface area contributed by atoms with E-state index in [9.17, 15) is 0 Å². The fourth-order valence-corrected chi connectivity index (χ4v) is 0.873. The van der Waals surface area contributed by atoms with Crippen LogP contribution < -0.4 is 4.74 Å². The van der Waals surface area contributed by atoms with Crippen molar-refractivity contribution in [3.63, 3.8) is 0 Å². The summed E-state index contributed by atoms with van der Waals surface area (Å²) in [5, 5.41) is 8.63. The number of nitrogens with zero attached hydrogens (tertiary/aromatic N) is 1. The molecule has 2 heteroatoms. The van der Waals surface area contributed by atoms with Crippen LogP contribution in [0.15, 0.2) is 18.2 Å². The Morgan fingerprint density at radius 3 is 2.75 bits per heavy atom. The Hall–Kier alpha value is -1.93. The van der Waals surface area contributed by atoms with E-state index in [4.69, 9.17) is 16.4 Å². The molecule has 12 heavy (non-hydrogen) atoms. The molecular formula is C10H7NO. The molecule has 0 aliphatic rings. The summed E-state index contributed by atoms with van der Waals surface area (Å²) in [6.07, 6.45) is 5.18. The molecule has 0 spiro atoms. The van der Waals surface area contributed by atoms with E-state index in [0.717, 1.165) is 0 Å². The summed E-state index contributed by atoms with van der Waals surface area (Å²) in [6.45, 7) is 0. The molecule has 2 nitrogen and oxygen atoms in total. The zero-order valence-corrected chi connectivity index (χ0v) is 6.66. The fraction of sp³-hybridized carbons (Fsp3) is 0.100. The van der Waals surface area contributed by atoms with Crippen molar-refractivity contribution in [1.29, 1.82) is 5.26 Å². The SMILES string of the molecule is C#Cc1ccc(C#N)c(OC)c1. The summed E-state index contributed by atoms with van der Waals surface area (Å²) in [5.41, 5.74) is 1.21. The highest BCUT2D eigenvalue weighted by atomic mass is 16.5. The minimum absolute atomic E-state index is 0.497. The molecule has 0 atom stereocenters. The number of ether oxygens (including phenoxy) is 1. The molecule has 0 unspecified atom stereocenters. The lowest BCUT2D eigenvalue weighted by Gasteiger charge is -2.01. The van der Waals surface area contributed by atoms with Gasteiger partial charge in [-0.1, -0.05) is 5.92 Å². The molecule has 1 rings (SSSR count). The molecular weight excluding hydrogens is 150 g/mol. The van der Waals surface area contributed by atoms with Crippen LogP contribution in [0.3, 0.4) is 0 Å². The first-order valence-electron chi connectivity index (χ1n) is 3.36. The highest BCUT2D eigenvalue weighted by molar-refractivity contribution is 5.49. The molecule has 0 aromatic heterocycles. The van der Waals surface area contributed by atoms with Crippen molar-refractivity contribution in [2.75, 3.05) is 7.11 Å². The van der Waals surface area contributed by atoms with E-state index in [0.29, 0.717) is 16.9 Å². The average Bonchev–Trinajstić information content (AvgIpc) is 2.16. The van der Waals surface area contributed by atoms with Gasteiger partial charge in [0.2, 0.25) is 0 Å². The Kier molecular flexibility index (Phi) is 2.35. The van der Waals surface area contributed by atoms with Crippen molar-refractivity contribution in [2.24, 2.45) is 0 Å². The van der Waals surface area contributed by atoms with Gasteiger partial charge in [0.05, 0.1) is 12.7 Å². The Morgan fingerprint density at radius 2 is 2.25 bits per heavy atom. The van der Waals surface area contributed by atoms with Gasteiger partial charge in [-0.15, -0.1) is 6.42 Å². The van der Waals surface area contributed by atoms with Crippen LogP contribution in [0.4, 0.5) is 0 Å². The topological polar surface area (TPSA) is 33.0 Å². The largest absolute Gasteiger partial charge is 0.495 e. The van der Waals surface area contributed by atoms with Gasteiger partial charge in [-0.05, 0) is 18.2 Å². The van der Waals surface area contributed by atoms with Crippen molar-refractivity contribution < 1.29 is 4.74 Å². The van der Waals surface area contributed by atoms with Crippen molar-refractivity contribution >= 4 is 0 Å². The van der Waals surface area contributed by atoms with Crippen LogP contribution in [-0.2, 0) is 0 Å². The molecule has 0 aliphatic heterocycles. The minimum Gasteiger partial charge on any atom is -0.495 e. The molecule has 0 amide bonds. The number of hydrogen-bond acceptors (Lipinski definition) is 2. The number of methoxy groups -OCH3 is 1. The Labute approximate surface area is 71.4 Å². The maximum atomic E-state index is 8.63. The zero-order chi connectivity index (χ0) is 8.97. The number of terminal acetylenes is 1. The van der Waals surface area contributed by atoms with Crippen LogP contribution in [0.25, 0.3) is 0 Å². The van der Waals surface area contributed by atoms with E-state index in [-0.39, 0.29) is 0 Å². The minimum atomic E-state index is 0.497. The molecule has 1 aromatic carbocycles. The fourth-order valence-electron chi connectivity index (χ4n) is 0.873. The molecule has 0 fully saturated rings. The van der Waals surface area contributed by atoms with Crippen molar-refractivity contribution in [3.05, 3.63) is 29.3 Å². The molecule has 0 N–H and O–H groups in total. The number of hydrogen-bond donors (Lipinski definition) is 0. The first kappa shape index (κ1) is 8.17. The van der Waals surface area contributed by atoms with Crippen molar-refractivity contribution in [3.8, 4) is 24.2 Å². The van der Waals surface area contributed by atoms with Crippen molar-refractivity contribution in [2.45, 2.75) is 0 Å². The molecule has 0 saturated carbocycles. The highest BCUT2D eigenvalue weighted by Gasteiger charge is 2.00. The predicted molar refractivity (Wildman–Crippen MR) is 45.6 cm³/mol. The third-order valence-electron chi connectivity index (χ3n) is 1.49. The zero-order valence-electron chi connectivity index (χ0n) is 6.66. The number of rotatable bonds is 1. The second kappa shape index (κ2) is 3.46. The van der Waals surface area contributed by atoms with Crippen LogP contribution in [0.5, 0.6) is 5.75 Å². The van der Waals surface area contributed by atoms with Crippen LogP contribution in [0.1, 0.15) is 11.1 Å². The van der Waals surface area contributed by atoms with Crippen molar-refractivity contribution in [1.82, 2.24) is 0 Å². The Bertz CT molecular complexity index is 368. The number of benzene rings is 1. The van der Waals surface area contributed by atoms with E-state index in [1.54, 1.807) is 18.2 Å². The standard InChI is InChI=1S/C10H7NO/c1-3-8-4-5-9(7-11)10(6-8)12-2/h1,4-6H,2H3. The third kappa shape index (κ3) is 1.38. The first-order chi connectivity index (χ1) is 5.81. The summed E-state index contributed by atoms with van der Waals surface area (Å²) in [5.74, 6) is 2.98. The summed E-state index contributed by atoms with van der Waals surface area (Å²) in [4.78, 5) is 0. The van der Waals surface area contributed by atoms with Gasteiger partial charge in [0.1, 0.15) is 11.8 Å². The lowest BCUT2D eigenvalue weighted by molar-refractivity contribution is 0.413. The summed E-state index contributed by atoms with van der Waals surface area (Å²) < 4.78 is 4.96. The maximum absolute atomic E-state index is 8.63. The third-order valence-corrected chi connectivity index (χ3v) is 1.49. The second-order valence-corrected chi connectivity index (χ2v) is 2.17. The lowest BCUT2D eigenvalue weighted by atomic mass is 10.1. The van der Waals surface area contributed by atoms with Crippen LogP contribution >= 0.6 is 0 Å². The normalized spacial score (nSPS) is 8.25. The Balaban J connectivity index is 3.24. The maximum Gasteiger partial charge on any atom is 0.137 e. The van der Waals surface area contributed by atoms with Gasteiger partial charge in [-0.3, -0.25) is 0 Å². The van der Waals surface area contributed by atoms with E-state index >= 15 is 0 Å². The van der Waals surface area contributed by atoms with Gasteiger partial charge in [0, 0.05) is 5.56 Å². The monoisotopic (exact) mass is 157 g/mol. The lowest BCUT2D eigenvalue weighted by Crippen LogP contribution is -1.88. The van der Waals surface area contributed by atoms with E-state index in [1.165, 1.54) is 7.11 Å². The van der Waals surface area contributed by atoms with Gasteiger partial charge in [-0.2, -0.15) is 5.26 Å². The van der Waals surface area contributed by atoms with Gasteiger partial charge >= 0.3 is 0 Å².